The Morgan fingerprint density at radius 2 is 2.19 bits per heavy atom. The number of thiocarbonyl (C=S) groups is 1. The molecule has 5 nitrogen and oxygen atoms in total. The van der Waals surface area contributed by atoms with Crippen molar-refractivity contribution in [1.82, 2.24) is 19.9 Å². The smallest absolute Gasteiger partial charge is 0.250 e. The summed E-state index contributed by atoms with van der Waals surface area (Å²) in [4.78, 5) is 5.23. The summed E-state index contributed by atoms with van der Waals surface area (Å²) >= 11 is 6.69. The van der Waals surface area contributed by atoms with Gasteiger partial charge in [-0.15, -0.1) is 23.0 Å². The number of benzene rings is 1. The zero-order chi connectivity index (χ0) is 14.7. The molecule has 2 heterocycles. The van der Waals surface area contributed by atoms with Crippen LogP contribution in [0.3, 0.4) is 0 Å². The molecule has 0 unspecified atom stereocenters. The second-order valence-electron chi connectivity index (χ2n) is 4.24. The molecule has 21 heavy (non-hydrogen) atoms. The lowest BCUT2D eigenvalue weighted by Crippen LogP contribution is -2.28. The second-order valence-corrected chi connectivity index (χ2v) is 5.49. The maximum Gasteiger partial charge on any atom is 0.250 e. The second kappa shape index (κ2) is 6.02. The lowest BCUT2D eigenvalue weighted by molar-refractivity contribution is 0.985. The summed E-state index contributed by atoms with van der Waals surface area (Å²) in [5.74, 6) is 0.487. The highest BCUT2D eigenvalue weighted by Gasteiger charge is 2.11. The predicted molar refractivity (Wildman–Crippen MR) is 90.7 cm³/mol. The zero-order valence-corrected chi connectivity index (χ0v) is 12.7. The highest BCUT2D eigenvalue weighted by atomic mass is 32.1. The first kappa shape index (κ1) is 13.7. The van der Waals surface area contributed by atoms with Gasteiger partial charge in [-0.2, -0.15) is 4.98 Å². The molecule has 0 atom stereocenters. The Hall–Kier alpha value is -2.25. The molecule has 3 rings (SSSR count). The van der Waals surface area contributed by atoms with E-state index in [1.807, 2.05) is 40.2 Å². The van der Waals surface area contributed by atoms with Gasteiger partial charge in [-0.1, -0.05) is 36.4 Å². The molecule has 0 fully saturated rings. The molecule has 2 N–H and O–H groups in total. The summed E-state index contributed by atoms with van der Waals surface area (Å²) in [5.41, 5.74) is 2.12. The quantitative estimate of drug-likeness (QED) is 0.573. The number of nitrogens with zero attached hydrogens (tertiary/aromatic N) is 3. The van der Waals surface area contributed by atoms with Crippen molar-refractivity contribution in [1.29, 1.82) is 0 Å². The van der Waals surface area contributed by atoms with Crippen LogP contribution in [-0.2, 0) is 0 Å². The fourth-order valence-corrected chi connectivity index (χ4v) is 2.86. The van der Waals surface area contributed by atoms with E-state index in [0.29, 0.717) is 17.6 Å². The van der Waals surface area contributed by atoms with Crippen molar-refractivity contribution >= 4 is 39.6 Å². The summed E-state index contributed by atoms with van der Waals surface area (Å²) < 4.78 is 1.82. The molecule has 3 aromatic rings. The molecule has 0 radical (unpaired) electrons. The van der Waals surface area contributed by atoms with E-state index in [4.69, 9.17) is 12.2 Å². The first-order valence-electron chi connectivity index (χ1n) is 6.33. The average molecular weight is 315 g/mol. The third kappa shape index (κ3) is 2.93. The number of rotatable bonds is 4. The zero-order valence-electron chi connectivity index (χ0n) is 11.1. The topological polar surface area (TPSA) is 54.2 Å². The van der Waals surface area contributed by atoms with Crippen LogP contribution in [0.5, 0.6) is 0 Å². The van der Waals surface area contributed by atoms with Crippen molar-refractivity contribution in [2.45, 2.75) is 0 Å². The van der Waals surface area contributed by atoms with Gasteiger partial charge in [0.05, 0.1) is 5.69 Å². The molecule has 0 aliphatic carbocycles. The SMILES string of the molecule is C=CCNC(=S)Nc1nc2scc(-c3ccccc3)n2n1. The number of fused-ring (bicyclic) bond motifs is 1. The molecular weight excluding hydrogens is 302 g/mol. The van der Waals surface area contributed by atoms with Crippen molar-refractivity contribution in [3.8, 4) is 11.3 Å². The van der Waals surface area contributed by atoms with Gasteiger partial charge in [0.2, 0.25) is 10.9 Å². The average Bonchev–Trinajstić information content (AvgIpc) is 3.05. The van der Waals surface area contributed by atoms with Crippen LogP contribution in [0.4, 0.5) is 5.95 Å². The fraction of sp³-hybridized carbons (Fsp3) is 0.0714. The normalized spacial score (nSPS) is 10.5. The Labute approximate surface area is 131 Å². The van der Waals surface area contributed by atoms with Crippen molar-refractivity contribution in [2.24, 2.45) is 0 Å². The molecule has 2 aromatic heterocycles. The lowest BCUT2D eigenvalue weighted by Gasteiger charge is -2.04. The number of anilines is 1. The summed E-state index contributed by atoms with van der Waals surface area (Å²) in [5, 5.41) is 12.9. The van der Waals surface area contributed by atoms with E-state index in [1.165, 1.54) is 0 Å². The Kier molecular flexibility index (Phi) is 3.94. The molecule has 0 amide bonds. The van der Waals surface area contributed by atoms with Gasteiger partial charge in [-0.3, -0.25) is 5.32 Å². The van der Waals surface area contributed by atoms with Crippen LogP contribution in [0, 0.1) is 0 Å². The number of hydrogen-bond acceptors (Lipinski definition) is 4. The van der Waals surface area contributed by atoms with Crippen LogP contribution in [0.2, 0.25) is 0 Å². The standard InChI is InChI=1S/C14H13N5S2/c1-2-8-15-13(20)16-12-17-14-19(18-12)11(9-21-14)10-6-4-3-5-7-10/h2-7,9H,1,8H2,(H2,15,16,18,20). The van der Waals surface area contributed by atoms with Crippen LogP contribution < -0.4 is 10.6 Å². The fourth-order valence-electron chi connectivity index (χ4n) is 1.85. The molecule has 0 bridgehead atoms. The summed E-state index contributed by atoms with van der Waals surface area (Å²) in [6, 6.07) is 10.1. The van der Waals surface area contributed by atoms with Gasteiger partial charge in [0.1, 0.15) is 0 Å². The minimum absolute atomic E-state index is 0.481. The van der Waals surface area contributed by atoms with Crippen molar-refractivity contribution in [3.05, 3.63) is 48.4 Å². The van der Waals surface area contributed by atoms with Gasteiger partial charge >= 0.3 is 0 Å². The summed E-state index contributed by atoms with van der Waals surface area (Å²) in [7, 11) is 0. The Morgan fingerprint density at radius 1 is 1.38 bits per heavy atom. The van der Waals surface area contributed by atoms with Crippen molar-refractivity contribution in [3.63, 3.8) is 0 Å². The minimum atomic E-state index is 0.481. The Morgan fingerprint density at radius 3 is 2.95 bits per heavy atom. The molecule has 106 valence electrons. The first-order valence-corrected chi connectivity index (χ1v) is 7.62. The van der Waals surface area contributed by atoms with Crippen LogP contribution in [0.25, 0.3) is 16.2 Å². The third-order valence-corrected chi connectivity index (χ3v) is 3.85. The van der Waals surface area contributed by atoms with Crippen LogP contribution in [-0.4, -0.2) is 26.3 Å². The molecule has 0 aliphatic rings. The summed E-state index contributed by atoms with van der Waals surface area (Å²) in [6.45, 7) is 4.23. The van der Waals surface area contributed by atoms with Crippen LogP contribution >= 0.6 is 23.6 Å². The lowest BCUT2D eigenvalue weighted by atomic mass is 10.2. The number of thiazole rings is 1. The first-order chi connectivity index (χ1) is 10.3. The van der Waals surface area contributed by atoms with Gasteiger partial charge in [0, 0.05) is 17.5 Å². The molecule has 7 heteroatoms. The maximum atomic E-state index is 5.15. The molecule has 0 spiro atoms. The highest BCUT2D eigenvalue weighted by molar-refractivity contribution is 7.80. The van der Waals surface area contributed by atoms with E-state index < -0.39 is 0 Å². The van der Waals surface area contributed by atoms with E-state index in [9.17, 15) is 0 Å². The van der Waals surface area contributed by atoms with Crippen LogP contribution in [0.15, 0.2) is 48.4 Å². The van der Waals surface area contributed by atoms with Crippen molar-refractivity contribution in [2.75, 3.05) is 11.9 Å². The van der Waals surface area contributed by atoms with E-state index in [1.54, 1.807) is 17.4 Å². The van der Waals surface area contributed by atoms with Gasteiger partial charge in [-0.25, -0.2) is 4.52 Å². The highest BCUT2D eigenvalue weighted by Crippen LogP contribution is 2.25. The van der Waals surface area contributed by atoms with Crippen LogP contribution in [0.1, 0.15) is 0 Å². The van der Waals surface area contributed by atoms with Gasteiger partial charge < -0.3 is 5.32 Å². The number of nitrogens with one attached hydrogen (secondary N) is 2. The van der Waals surface area contributed by atoms with Gasteiger partial charge in [0.25, 0.3) is 0 Å². The van der Waals surface area contributed by atoms with E-state index in [2.05, 4.69) is 27.3 Å². The molecule has 0 saturated heterocycles. The summed E-state index contributed by atoms with van der Waals surface area (Å²) in [6.07, 6.45) is 1.74. The van der Waals surface area contributed by atoms with E-state index in [-0.39, 0.29) is 0 Å². The number of hydrogen-bond donors (Lipinski definition) is 2. The van der Waals surface area contributed by atoms with Crippen molar-refractivity contribution < 1.29 is 0 Å². The minimum Gasteiger partial charge on any atom is -0.359 e. The largest absolute Gasteiger partial charge is 0.359 e. The molecule has 1 aromatic carbocycles. The van der Waals surface area contributed by atoms with E-state index >= 15 is 0 Å². The monoisotopic (exact) mass is 315 g/mol. The van der Waals surface area contributed by atoms with Gasteiger partial charge in [-0.05, 0) is 12.2 Å². The van der Waals surface area contributed by atoms with E-state index in [0.717, 1.165) is 16.2 Å². The molecular formula is C14H13N5S2. The van der Waals surface area contributed by atoms with Gasteiger partial charge in [0.15, 0.2) is 5.11 Å². The Bertz CT molecular complexity index is 775. The molecule has 0 saturated carbocycles. The Balaban J connectivity index is 1.86. The third-order valence-electron chi connectivity index (χ3n) is 2.78. The number of aromatic nitrogens is 3. The maximum absolute atomic E-state index is 5.15. The molecule has 0 aliphatic heterocycles. The predicted octanol–water partition coefficient (Wildman–Crippen LogP) is 2.93.